The first kappa shape index (κ1) is 20.2. The number of nitrogens with zero attached hydrogens (tertiary/aromatic N) is 1. The molecular formula is C18H19NO7S. The Kier molecular flexibility index (Phi) is 6.06. The molecule has 0 spiro atoms. The number of aromatic carboxylic acids is 2. The maximum Gasteiger partial charge on any atom is 0.339 e. The van der Waals surface area contributed by atoms with Crippen molar-refractivity contribution in [1.29, 1.82) is 0 Å². The summed E-state index contributed by atoms with van der Waals surface area (Å²) in [5.41, 5.74) is -0.456. The van der Waals surface area contributed by atoms with Gasteiger partial charge in [0.15, 0.2) is 0 Å². The molecule has 0 radical (unpaired) electrons. The van der Waals surface area contributed by atoms with Gasteiger partial charge in [-0.15, -0.1) is 0 Å². The molecular weight excluding hydrogens is 374 g/mol. The Morgan fingerprint density at radius 2 is 1.67 bits per heavy atom. The number of carbonyl (C=O) groups is 2. The van der Waals surface area contributed by atoms with E-state index in [2.05, 4.69) is 0 Å². The van der Waals surface area contributed by atoms with Crippen LogP contribution in [-0.2, 0) is 10.0 Å². The molecule has 0 aliphatic carbocycles. The molecule has 0 bridgehead atoms. The van der Waals surface area contributed by atoms with E-state index in [9.17, 15) is 28.2 Å². The van der Waals surface area contributed by atoms with Gasteiger partial charge in [-0.1, -0.05) is 19.1 Å². The van der Waals surface area contributed by atoms with Gasteiger partial charge < -0.3 is 14.9 Å². The summed E-state index contributed by atoms with van der Waals surface area (Å²) in [5, 5.41) is 18.7. The van der Waals surface area contributed by atoms with Crippen LogP contribution in [0.1, 0.15) is 34.1 Å². The van der Waals surface area contributed by atoms with Crippen LogP contribution in [0.3, 0.4) is 0 Å². The molecule has 9 heteroatoms. The van der Waals surface area contributed by atoms with E-state index in [0.717, 1.165) is 10.4 Å². The number of rotatable bonds is 8. The van der Waals surface area contributed by atoms with Crippen molar-refractivity contribution in [2.24, 2.45) is 0 Å². The third kappa shape index (κ3) is 4.03. The number of carboxylic acids is 2. The van der Waals surface area contributed by atoms with Crippen LogP contribution in [0.4, 0.5) is 5.69 Å². The smallest absolute Gasteiger partial charge is 0.339 e. The zero-order valence-corrected chi connectivity index (χ0v) is 15.6. The molecule has 2 aromatic carbocycles. The molecule has 2 rings (SSSR count). The van der Waals surface area contributed by atoms with Gasteiger partial charge in [-0.3, -0.25) is 4.31 Å². The standard InChI is InChI=1S/C18H19NO7S/c1-3-10-19(15-7-5-4-6-13(15)17(20)21)27(24,25)12-8-9-16(26-2)14(11-12)18(22)23/h4-9,11H,3,10H2,1-2H3,(H,20,21)(H,22,23). The Labute approximate surface area is 156 Å². The highest BCUT2D eigenvalue weighted by molar-refractivity contribution is 7.92. The summed E-state index contributed by atoms with van der Waals surface area (Å²) in [5.74, 6) is -2.57. The van der Waals surface area contributed by atoms with Crippen molar-refractivity contribution in [1.82, 2.24) is 0 Å². The van der Waals surface area contributed by atoms with E-state index in [0.29, 0.717) is 6.42 Å². The quantitative estimate of drug-likeness (QED) is 0.707. The van der Waals surface area contributed by atoms with Gasteiger partial charge >= 0.3 is 11.9 Å². The van der Waals surface area contributed by atoms with Crippen LogP contribution in [0.2, 0.25) is 0 Å². The van der Waals surface area contributed by atoms with E-state index in [-0.39, 0.29) is 34.0 Å². The maximum atomic E-state index is 13.2. The monoisotopic (exact) mass is 393 g/mol. The number of benzene rings is 2. The summed E-state index contributed by atoms with van der Waals surface area (Å²) < 4.78 is 32.3. The summed E-state index contributed by atoms with van der Waals surface area (Å²) in [7, 11) is -2.92. The molecule has 0 amide bonds. The Balaban J connectivity index is 2.66. The first-order chi connectivity index (χ1) is 12.7. The lowest BCUT2D eigenvalue weighted by atomic mass is 10.2. The third-order valence-electron chi connectivity index (χ3n) is 3.82. The minimum atomic E-state index is -4.20. The van der Waals surface area contributed by atoms with Gasteiger partial charge in [0.05, 0.1) is 23.3 Å². The molecule has 0 aromatic heterocycles. The fourth-order valence-corrected chi connectivity index (χ4v) is 4.19. The van der Waals surface area contributed by atoms with Crippen molar-refractivity contribution in [3.63, 3.8) is 0 Å². The normalized spacial score (nSPS) is 11.0. The van der Waals surface area contributed by atoms with Crippen molar-refractivity contribution in [2.75, 3.05) is 18.0 Å². The van der Waals surface area contributed by atoms with Gasteiger partial charge in [-0.2, -0.15) is 0 Å². The van der Waals surface area contributed by atoms with Crippen molar-refractivity contribution >= 4 is 27.6 Å². The maximum absolute atomic E-state index is 13.2. The van der Waals surface area contributed by atoms with Gasteiger partial charge in [0.2, 0.25) is 0 Å². The van der Waals surface area contributed by atoms with Crippen LogP contribution < -0.4 is 9.04 Å². The number of para-hydroxylation sites is 1. The highest BCUT2D eigenvalue weighted by Crippen LogP contribution is 2.30. The molecule has 0 aliphatic rings. The average molecular weight is 393 g/mol. The molecule has 2 aromatic rings. The molecule has 0 fully saturated rings. The summed E-state index contributed by atoms with van der Waals surface area (Å²) in [6, 6.07) is 9.24. The Bertz CT molecular complexity index is 969. The largest absolute Gasteiger partial charge is 0.496 e. The molecule has 2 N–H and O–H groups in total. The lowest BCUT2D eigenvalue weighted by Crippen LogP contribution is -2.33. The number of sulfonamides is 1. The molecule has 0 aliphatic heterocycles. The van der Waals surface area contributed by atoms with Gasteiger partial charge in [0.25, 0.3) is 10.0 Å². The number of hydrogen-bond donors (Lipinski definition) is 2. The van der Waals surface area contributed by atoms with E-state index in [1.54, 1.807) is 6.92 Å². The second-order valence-corrected chi connectivity index (χ2v) is 7.43. The van der Waals surface area contributed by atoms with E-state index in [1.165, 1.54) is 43.5 Å². The zero-order valence-electron chi connectivity index (χ0n) is 14.7. The molecule has 0 unspecified atom stereocenters. The average Bonchev–Trinajstić information content (AvgIpc) is 2.65. The highest BCUT2D eigenvalue weighted by Gasteiger charge is 2.29. The lowest BCUT2D eigenvalue weighted by molar-refractivity contribution is 0.0684. The molecule has 27 heavy (non-hydrogen) atoms. The second kappa shape index (κ2) is 8.09. The minimum Gasteiger partial charge on any atom is -0.496 e. The number of ether oxygens (including phenoxy) is 1. The number of hydrogen-bond acceptors (Lipinski definition) is 5. The van der Waals surface area contributed by atoms with Gasteiger partial charge in [0, 0.05) is 6.54 Å². The van der Waals surface area contributed by atoms with E-state index >= 15 is 0 Å². The third-order valence-corrected chi connectivity index (χ3v) is 5.63. The molecule has 144 valence electrons. The molecule has 0 heterocycles. The Morgan fingerprint density at radius 1 is 1.04 bits per heavy atom. The van der Waals surface area contributed by atoms with Crippen LogP contribution in [0.25, 0.3) is 0 Å². The van der Waals surface area contributed by atoms with Crippen LogP contribution in [0, 0.1) is 0 Å². The predicted molar refractivity (Wildman–Crippen MR) is 98.2 cm³/mol. The molecule has 0 saturated carbocycles. The lowest BCUT2D eigenvalue weighted by Gasteiger charge is -2.25. The van der Waals surface area contributed by atoms with E-state index in [1.807, 2.05) is 0 Å². The summed E-state index contributed by atoms with van der Waals surface area (Å²) >= 11 is 0. The van der Waals surface area contributed by atoms with Crippen LogP contribution in [0.15, 0.2) is 47.4 Å². The fourth-order valence-electron chi connectivity index (χ4n) is 2.59. The number of methoxy groups -OCH3 is 1. The van der Waals surface area contributed by atoms with Crippen LogP contribution in [0.5, 0.6) is 5.75 Å². The van der Waals surface area contributed by atoms with Crippen molar-refractivity contribution in [3.8, 4) is 5.75 Å². The van der Waals surface area contributed by atoms with E-state index < -0.39 is 22.0 Å². The first-order valence-corrected chi connectivity index (χ1v) is 9.44. The van der Waals surface area contributed by atoms with Gasteiger partial charge in [-0.05, 0) is 36.8 Å². The summed E-state index contributed by atoms with van der Waals surface area (Å²) in [6.07, 6.45) is 0.426. The minimum absolute atomic E-state index is 0.0135. The molecule has 0 saturated heterocycles. The zero-order chi connectivity index (χ0) is 20.2. The van der Waals surface area contributed by atoms with E-state index in [4.69, 9.17) is 4.74 Å². The van der Waals surface area contributed by atoms with Gasteiger partial charge in [-0.25, -0.2) is 18.0 Å². The molecule has 0 atom stereocenters. The molecule has 8 nitrogen and oxygen atoms in total. The van der Waals surface area contributed by atoms with Crippen molar-refractivity contribution < 1.29 is 33.0 Å². The number of carboxylic acid groups (broad SMARTS) is 2. The summed E-state index contributed by atoms with van der Waals surface area (Å²) in [4.78, 5) is 22.6. The van der Waals surface area contributed by atoms with Crippen LogP contribution in [-0.4, -0.2) is 44.2 Å². The van der Waals surface area contributed by atoms with Gasteiger partial charge in [0.1, 0.15) is 11.3 Å². The number of anilines is 1. The topological polar surface area (TPSA) is 121 Å². The predicted octanol–water partition coefficient (Wildman–Crippen LogP) is 2.70. The highest BCUT2D eigenvalue weighted by atomic mass is 32.2. The van der Waals surface area contributed by atoms with Crippen molar-refractivity contribution in [2.45, 2.75) is 18.2 Å². The fraction of sp³-hybridized carbons (Fsp3) is 0.222. The Morgan fingerprint density at radius 3 is 2.22 bits per heavy atom. The van der Waals surface area contributed by atoms with Crippen LogP contribution >= 0.6 is 0 Å². The SMILES string of the molecule is CCCN(c1ccccc1C(=O)O)S(=O)(=O)c1ccc(OC)c(C(=O)O)c1. The first-order valence-electron chi connectivity index (χ1n) is 8.00. The van der Waals surface area contributed by atoms with Crippen molar-refractivity contribution in [3.05, 3.63) is 53.6 Å². The second-order valence-electron chi connectivity index (χ2n) is 5.57. The summed E-state index contributed by atoms with van der Waals surface area (Å²) in [6.45, 7) is 1.78. The Hall–Kier alpha value is -3.07.